The molecule has 3 rings (SSSR count). The molecular weight excluding hydrogens is 398 g/mol. The van der Waals surface area contributed by atoms with Gasteiger partial charge in [0.2, 0.25) is 0 Å². The lowest BCUT2D eigenvalue weighted by Crippen LogP contribution is -2.42. The Hall–Kier alpha value is -1.81. The second-order valence-corrected chi connectivity index (χ2v) is 9.56. The van der Waals surface area contributed by atoms with Crippen LogP contribution in [0.3, 0.4) is 0 Å². The standard InChI is InChI=1S/C18H27N5O3S2/c1-18(2,3)26-17(25)23-8-6-11(7-9-23)10-28-15-19-12-13(20-15)21(4)16(24)22(5)14(12)27/h11H,6-10H2,1-5H3,(H,19,20). The highest BCUT2D eigenvalue weighted by Gasteiger charge is 2.27. The summed E-state index contributed by atoms with van der Waals surface area (Å²) in [5, 5.41) is 0.761. The summed E-state index contributed by atoms with van der Waals surface area (Å²) in [6.45, 7) is 7.06. The third kappa shape index (κ3) is 4.43. The summed E-state index contributed by atoms with van der Waals surface area (Å²) >= 11 is 6.99. The maximum atomic E-state index is 12.2. The molecule has 0 aliphatic carbocycles. The van der Waals surface area contributed by atoms with Crippen LogP contribution < -0.4 is 5.69 Å². The second-order valence-electron chi connectivity index (χ2n) is 8.17. The number of aryl methyl sites for hydroxylation is 1. The molecule has 1 saturated heterocycles. The number of likely N-dealkylation sites (tertiary alicyclic amines) is 1. The minimum Gasteiger partial charge on any atom is -0.444 e. The molecule has 0 radical (unpaired) electrons. The van der Waals surface area contributed by atoms with Crippen molar-refractivity contribution in [3.8, 4) is 0 Å². The van der Waals surface area contributed by atoms with Crippen LogP contribution in [-0.2, 0) is 18.8 Å². The average molecular weight is 426 g/mol. The van der Waals surface area contributed by atoms with Crippen molar-refractivity contribution in [1.82, 2.24) is 24.0 Å². The highest BCUT2D eigenvalue weighted by Crippen LogP contribution is 2.27. The van der Waals surface area contributed by atoms with Gasteiger partial charge in [-0.15, -0.1) is 0 Å². The van der Waals surface area contributed by atoms with Gasteiger partial charge in [-0.3, -0.25) is 9.13 Å². The van der Waals surface area contributed by atoms with Crippen molar-refractivity contribution in [1.29, 1.82) is 0 Å². The van der Waals surface area contributed by atoms with Gasteiger partial charge in [-0.05, 0) is 39.5 Å². The number of fused-ring (bicyclic) bond motifs is 1. The molecule has 0 spiro atoms. The first-order valence-electron chi connectivity index (χ1n) is 9.33. The normalized spacial score (nSPS) is 16.0. The van der Waals surface area contributed by atoms with Gasteiger partial charge in [0, 0.05) is 32.9 Å². The topological polar surface area (TPSA) is 85.2 Å². The number of ether oxygens (including phenoxy) is 1. The van der Waals surface area contributed by atoms with Crippen LogP contribution >= 0.6 is 24.0 Å². The Kier molecular flexibility index (Phi) is 5.90. The first-order chi connectivity index (χ1) is 13.1. The molecule has 1 N–H and O–H groups in total. The monoisotopic (exact) mass is 425 g/mol. The predicted molar refractivity (Wildman–Crippen MR) is 112 cm³/mol. The maximum absolute atomic E-state index is 12.2. The zero-order valence-electron chi connectivity index (χ0n) is 16.9. The molecule has 1 aliphatic rings. The summed E-state index contributed by atoms with van der Waals surface area (Å²) in [5.74, 6) is 1.40. The molecule has 1 amide bonds. The van der Waals surface area contributed by atoms with E-state index in [0.717, 1.165) is 23.8 Å². The van der Waals surface area contributed by atoms with Crippen molar-refractivity contribution >= 4 is 41.2 Å². The van der Waals surface area contributed by atoms with Crippen molar-refractivity contribution in [2.45, 2.75) is 44.4 Å². The predicted octanol–water partition coefficient (Wildman–Crippen LogP) is 3.07. The average Bonchev–Trinajstić information content (AvgIpc) is 3.06. The Labute approximate surface area is 173 Å². The highest BCUT2D eigenvalue weighted by atomic mass is 32.2. The molecular formula is C18H27N5O3S2. The molecule has 1 aliphatic heterocycles. The fourth-order valence-electron chi connectivity index (χ4n) is 3.18. The lowest BCUT2D eigenvalue weighted by molar-refractivity contribution is 0.0191. The van der Waals surface area contributed by atoms with E-state index in [1.807, 2.05) is 20.8 Å². The second kappa shape index (κ2) is 7.90. The molecule has 0 saturated carbocycles. The Balaban J connectivity index is 1.60. The highest BCUT2D eigenvalue weighted by molar-refractivity contribution is 7.99. The van der Waals surface area contributed by atoms with Crippen molar-refractivity contribution in [2.24, 2.45) is 20.0 Å². The number of aromatic amines is 1. The van der Waals surface area contributed by atoms with Crippen LogP contribution in [0.1, 0.15) is 33.6 Å². The molecule has 154 valence electrons. The van der Waals surface area contributed by atoms with Crippen LogP contribution in [0.15, 0.2) is 9.95 Å². The van der Waals surface area contributed by atoms with E-state index in [2.05, 4.69) is 9.97 Å². The quantitative estimate of drug-likeness (QED) is 0.601. The zero-order chi connectivity index (χ0) is 20.6. The van der Waals surface area contributed by atoms with Crippen LogP contribution in [0.5, 0.6) is 0 Å². The molecule has 2 aromatic rings. The Morgan fingerprint density at radius 1 is 1.29 bits per heavy atom. The van der Waals surface area contributed by atoms with Gasteiger partial charge in [-0.25, -0.2) is 14.6 Å². The van der Waals surface area contributed by atoms with Gasteiger partial charge in [0.15, 0.2) is 10.8 Å². The van der Waals surface area contributed by atoms with E-state index in [9.17, 15) is 9.59 Å². The van der Waals surface area contributed by atoms with Gasteiger partial charge in [0.25, 0.3) is 0 Å². The first kappa shape index (κ1) is 20.9. The Morgan fingerprint density at radius 3 is 2.54 bits per heavy atom. The van der Waals surface area contributed by atoms with E-state index in [4.69, 9.17) is 17.0 Å². The number of piperidine rings is 1. The van der Waals surface area contributed by atoms with E-state index in [1.54, 1.807) is 30.8 Å². The van der Waals surface area contributed by atoms with Gasteiger partial charge < -0.3 is 14.6 Å². The summed E-state index contributed by atoms with van der Waals surface area (Å²) in [6.07, 6.45) is 1.64. The van der Waals surface area contributed by atoms with Crippen LogP contribution in [-0.4, -0.2) is 54.5 Å². The van der Waals surface area contributed by atoms with Crippen molar-refractivity contribution < 1.29 is 9.53 Å². The number of imidazole rings is 1. The van der Waals surface area contributed by atoms with E-state index >= 15 is 0 Å². The number of carbonyl (C=O) groups excluding carboxylic acids is 1. The SMILES string of the molecule is Cn1c(=S)c2[nH]c(SCC3CCN(C(=O)OC(C)(C)C)CC3)nc2n(C)c1=O. The molecule has 3 heterocycles. The number of thioether (sulfide) groups is 1. The summed E-state index contributed by atoms with van der Waals surface area (Å²) in [7, 11) is 3.36. The number of nitrogens with one attached hydrogen (secondary N) is 1. The maximum Gasteiger partial charge on any atom is 0.410 e. The number of hydrogen-bond donors (Lipinski definition) is 1. The van der Waals surface area contributed by atoms with Gasteiger partial charge >= 0.3 is 11.8 Å². The van der Waals surface area contributed by atoms with Gasteiger partial charge in [0.05, 0.1) is 0 Å². The Bertz CT molecular complexity index is 994. The minimum absolute atomic E-state index is 0.185. The smallest absolute Gasteiger partial charge is 0.410 e. The molecule has 0 bridgehead atoms. The Morgan fingerprint density at radius 2 is 1.93 bits per heavy atom. The van der Waals surface area contributed by atoms with E-state index < -0.39 is 5.60 Å². The van der Waals surface area contributed by atoms with Crippen molar-refractivity contribution in [3.05, 3.63) is 15.1 Å². The van der Waals surface area contributed by atoms with Crippen LogP contribution in [0, 0.1) is 10.6 Å². The van der Waals surface area contributed by atoms with E-state index in [-0.39, 0.29) is 11.8 Å². The largest absolute Gasteiger partial charge is 0.444 e. The number of amides is 1. The molecule has 0 unspecified atom stereocenters. The summed E-state index contributed by atoms with van der Waals surface area (Å²) < 4.78 is 8.85. The summed E-state index contributed by atoms with van der Waals surface area (Å²) in [4.78, 5) is 33.9. The van der Waals surface area contributed by atoms with Crippen molar-refractivity contribution in [3.63, 3.8) is 0 Å². The lowest BCUT2D eigenvalue weighted by Gasteiger charge is -2.33. The molecule has 2 aromatic heterocycles. The molecule has 28 heavy (non-hydrogen) atoms. The zero-order valence-corrected chi connectivity index (χ0v) is 18.6. The first-order valence-corrected chi connectivity index (χ1v) is 10.7. The fraction of sp³-hybridized carbons (Fsp3) is 0.667. The van der Waals surface area contributed by atoms with Crippen LogP contribution in [0.4, 0.5) is 4.79 Å². The number of H-pyrrole nitrogens is 1. The molecule has 10 heteroatoms. The van der Waals surface area contributed by atoms with Gasteiger partial charge in [-0.2, -0.15) is 0 Å². The fourth-order valence-corrected chi connectivity index (χ4v) is 4.45. The molecule has 0 aromatic carbocycles. The van der Waals surface area contributed by atoms with Gasteiger partial charge in [0.1, 0.15) is 15.8 Å². The lowest BCUT2D eigenvalue weighted by atomic mass is 9.99. The van der Waals surface area contributed by atoms with Gasteiger partial charge in [-0.1, -0.05) is 24.0 Å². The molecule has 1 fully saturated rings. The van der Waals surface area contributed by atoms with E-state index in [1.165, 1.54) is 9.13 Å². The van der Waals surface area contributed by atoms with E-state index in [0.29, 0.717) is 34.8 Å². The van der Waals surface area contributed by atoms with Crippen LogP contribution in [0.25, 0.3) is 11.2 Å². The third-order valence-corrected chi connectivity index (χ3v) is 6.38. The molecule has 8 nitrogen and oxygen atoms in total. The molecule has 0 atom stereocenters. The minimum atomic E-state index is -0.467. The number of carbonyl (C=O) groups is 1. The number of rotatable bonds is 3. The number of nitrogens with zero attached hydrogens (tertiary/aromatic N) is 4. The van der Waals surface area contributed by atoms with Crippen molar-refractivity contribution in [2.75, 3.05) is 18.8 Å². The summed E-state index contributed by atoms with van der Waals surface area (Å²) in [5.41, 5.74) is 0.637. The number of hydrogen-bond acceptors (Lipinski definition) is 6. The van der Waals surface area contributed by atoms with Crippen LogP contribution in [0.2, 0.25) is 0 Å². The third-order valence-electron chi connectivity index (χ3n) is 4.80. The number of aromatic nitrogens is 4. The summed E-state index contributed by atoms with van der Waals surface area (Å²) in [6, 6.07) is 0.